The Kier molecular flexibility index (Phi) is 6.59. The molecule has 1 aromatic heterocycles. The van der Waals surface area contributed by atoms with Gasteiger partial charge in [0.25, 0.3) is 0 Å². The Morgan fingerprint density at radius 3 is 2.43 bits per heavy atom. The molecule has 156 valence electrons. The van der Waals surface area contributed by atoms with E-state index in [0.717, 1.165) is 6.20 Å². The molecule has 0 aromatic carbocycles. The van der Waals surface area contributed by atoms with Crippen molar-refractivity contribution < 1.29 is 17.4 Å². The van der Waals surface area contributed by atoms with E-state index in [1.807, 2.05) is 6.07 Å². The highest BCUT2D eigenvalue weighted by Crippen LogP contribution is 2.45. The second-order valence-electron chi connectivity index (χ2n) is 8.55. The van der Waals surface area contributed by atoms with E-state index >= 15 is 0 Å². The van der Waals surface area contributed by atoms with Gasteiger partial charge in [0, 0.05) is 16.9 Å². The van der Waals surface area contributed by atoms with Gasteiger partial charge in [-0.25, -0.2) is 17.8 Å². The standard InChI is InChI=1S/C18H25BrFN3O3S2/c1-16(2,3)27(24)23-17(4,13-8-15(19)22-9-14(13)20)11-28(25,26)18(5,10-21)12-6-7-12/h8-9,12,23H,6-7,11H2,1-5H3/t17-,18?,27?/m0/s1. The molecule has 2 rings (SSSR count). The molecule has 0 saturated heterocycles. The molecule has 10 heteroatoms. The SMILES string of the molecule is CC(C)(C)[S+]([O-])N[C@@](C)(CS(=O)(=O)C(C)(C#N)C1CC1)c1cc(Br)ncc1F. The third-order valence-corrected chi connectivity index (χ3v) is 9.85. The van der Waals surface area contributed by atoms with Crippen molar-refractivity contribution in [3.8, 4) is 6.07 Å². The summed E-state index contributed by atoms with van der Waals surface area (Å²) in [4.78, 5) is 3.82. The van der Waals surface area contributed by atoms with Crippen LogP contribution in [0.3, 0.4) is 0 Å². The van der Waals surface area contributed by atoms with Crippen LogP contribution in [0.4, 0.5) is 4.39 Å². The lowest BCUT2D eigenvalue weighted by Gasteiger charge is -2.36. The van der Waals surface area contributed by atoms with Crippen LogP contribution in [0.2, 0.25) is 0 Å². The summed E-state index contributed by atoms with van der Waals surface area (Å²) in [7, 11) is -4.00. The quantitative estimate of drug-likeness (QED) is 0.460. The van der Waals surface area contributed by atoms with Crippen LogP contribution in [0.5, 0.6) is 0 Å². The predicted molar refractivity (Wildman–Crippen MR) is 111 cm³/mol. The second-order valence-corrected chi connectivity index (χ2v) is 13.7. The van der Waals surface area contributed by atoms with E-state index in [0.29, 0.717) is 17.4 Å². The van der Waals surface area contributed by atoms with Gasteiger partial charge < -0.3 is 4.55 Å². The summed E-state index contributed by atoms with van der Waals surface area (Å²) in [6.45, 7) is 8.10. The zero-order valence-electron chi connectivity index (χ0n) is 16.5. The Labute approximate surface area is 177 Å². The maximum absolute atomic E-state index is 14.7. The molecule has 1 heterocycles. The van der Waals surface area contributed by atoms with E-state index in [-0.39, 0.29) is 11.5 Å². The maximum atomic E-state index is 14.7. The van der Waals surface area contributed by atoms with Gasteiger partial charge in [-0.2, -0.15) is 5.26 Å². The number of nitrogens with zero attached hydrogens (tertiary/aromatic N) is 2. The van der Waals surface area contributed by atoms with Gasteiger partial charge in [-0.15, -0.1) is 4.72 Å². The molecule has 1 aromatic rings. The molecule has 0 aliphatic heterocycles. The van der Waals surface area contributed by atoms with Crippen LogP contribution in [-0.2, 0) is 26.7 Å². The topological polar surface area (TPSA) is 106 Å². The number of aromatic nitrogens is 1. The van der Waals surface area contributed by atoms with Gasteiger partial charge >= 0.3 is 0 Å². The Morgan fingerprint density at radius 1 is 1.39 bits per heavy atom. The van der Waals surface area contributed by atoms with Crippen LogP contribution < -0.4 is 4.72 Å². The second kappa shape index (κ2) is 7.84. The Hall–Kier alpha value is -0.730. The van der Waals surface area contributed by atoms with Crippen LogP contribution >= 0.6 is 15.9 Å². The number of hydrogen-bond acceptors (Lipinski definition) is 6. The molecule has 0 amide bonds. The van der Waals surface area contributed by atoms with Crippen LogP contribution in [0, 0.1) is 23.1 Å². The Bertz CT molecular complexity index is 896. The molecule has 0 bridgehead atoms. The molecule has 3 atom stereocenters. The minimum atomic E-state index is -4.00. The molecule has 28 heavy (non-hydrogen) atoms. The van der Waals surface area contributed by atoms with Gasteiger partial charge in [0.2, 0.25) is 0 Å². The van der Waals surface area contributed by atoms with Crippen molar-refractivity contribution in [2.75, 3.05) is 5.75 Å². The van der Waals surface area contributed by atoms with Crippen molar-refractivity contribution in [1.82, 2.24) is 9.71 Å². The molecule has 0 radical (unpaired) electrons. The van der Waals surface area contributed by atoms with E-state index in [4.69, 9.17) is 0 Å². The number of nitrogens with one attached hydrogen (secondary N) is 1. The van der Waals surface area contributed by atoms with Gasteiger partial charge in [-0.05, 0) is 75.4 Å². The number of sulfone groups is 1. The first-order chi connectivity index (χ1) is 12.7. The fourth-order valence-corrected chi connectivity index (χ4v) is 6.43. The van der Waals surface area contributed by atoms with Crippen molar-refractivity contribution in [1.29, 1.82) is 5.26 Å². The van der Waals surface area contributed by atoms with E-state index in [1.54, 1.807) is 20.8 Å². The zero-order chi connectivity index (χ0) is 21.5. The normalized spacial score (nSPS) is 20.7. The molecular weight excluding hydrogens is 469 g/mol. The summed E-state index contributed by atoms with van der Waals surface area (Å²) in [6, 6.07) is 3.33. The molecule has 1 fully saturated rings. The summed E-state index contributed by atoms with van der Waals surface area (Å²) >= 11 is 1.50. The summed E-state index contributed by atoms with van der Waals surface area (Å²) in [5.41, 5.74) is -1.51. The first-order valence-corrected chi connectivity index (χ1v) is 12.4. The lowest BCUT2D eigenvalue weighted by Crippen LogP contribution is -2.55. The van der Waals surface area contributed by atoms with Crippen LogP contribution in [0.15, 0.2) is 16.9 Å². The van der Waals surface area contributed by atoms with Crippen LogP contribution in [0.25, 0.3) is 0 Å². The molecule has 2 unspecified atom stereocenters. The van der Waals surface area contributed by atoms with Crippen molar-refractivity contribution in [2.45, 2.75) is 62.5 Å². The summed E-state index contributed by atoms with van der Waals surface area (Å²) < 4.78 is 54.9. The smallest absolute Gasteiger partial charge is 0.171 e. The largest absolute Gasteiger partial charge is 0.598 e. The fraction of sp³-hybridized carbons (Fsp3) is 0.667. The highest BCUT2D eigenvalue weighted by atomic mass is 79.9. The van der Waals surface area contributed by atoms with E-state index in [9.17, 15) is 22.6 Å². The van der Waals surface area contributed by atoms with E-state index in [2.05, 4.69) is 25.6 Å². The van der Waals surface area contributed by atoms with Gasteiger partial charge in [0.15, 0.2) is 14.6 Å². The number of rotatable bonds is 7. The molecular formula is C18H25BrFN3O3S2. The lowest BCUT2D eigenvalue weighted by atomic mass is 9.96. The average molecular weight is 494 g/mol. The summed E-state index contributed by atoms with van der Waals surface area (Å²) in [5.74, 6) is -1.53. The number of hydrogen-bond donors (Lipinski definition) is 1. The average Bonchev–Trinajstić information content (AvgIpc) is 3.39. The molecule has 0 spiro atoms. The third-order valence-electron chi connectivity index (χ3n) is 4.99. The van der Waals surface area contributed by atoms with Crippen molar-refractivity contribution in [3.63, 3.8) is 0 Å². The fourth-order valence-electron chi connectivity index (χ4n) is 2.93. The predicted octanol–water partition coefficient (Wildman–Crippen LogP) is 3.36. The summed E-state index contributed by atoms with van der Waals surface area (Å²) in [5, 5.41) is 9.61. The van der Waals surface area contributed by atoms with Crippen molar-refractivity contribution in [2.24, 2.45) is 5.92 Å². The van der Waals surface area contributed by atoms with Crippen molar-refractivity contribution in [3.05, 3.63) is 28.2 Å². The number of halogens is 2. The van der Waals surface area contributed by atoms with Gasteiger partial charge in [-0.3, -0.25) is 0 Å². The summed E-state index contributed by atoms with van der Waals surface area (Å²) in [6.07, 6.45) is 2.31. The third kappa shape index (κ3) is 4.70. The Balaban J connectivity index is 2.56. The molecule has 1 aliphatic rings. The van der Waals surface area contributed by atoms with Crippen LogP contribution in [-0.4, -0.2) is 33.2 Å². The van der Waals surface area contributed by atoms with Gasteiger partial charge in [0.1, 0.15) is 20.7 Å². The van der Waals surface area contributed by atoms with Crippen LogP contribution in [0.1, 0.15) is 53.0 Å². The highest BCUT2D eigenvalue weighted by molar-refractivity contribution is 9.10. The highest BCUT2D eigenvalue weighted by Gasteiger charge is 2.55. The minimum Gasteiger partial charge on any atom is -0.598 e. The van der Waals surface area contributed by atoms with Crippen molar-refractivity contribution >= 4 is 37.1 Å². The molecule has 1 aliphatic carbocycles. The van der Waals surface area contributed by atoms with E-state index in [1.165, 1.54) is 19.9 Å². The zero-order valence-corrected chi connectivity index (χ0v) is 19.8. The molecule has 6 nitrogen and oxygen atoms in total. The lowest BCUT2D eigenvalue weighted by molar-refractivity contribution is 0.427. The molecule has 1 N–H and O–H groups in total. The molecule has 1 saturated carbocycles. The maximum Gasteiger partial charge on any atom is 0.171 e. The van der Waals surface area contributed by atoms with Gasteiger partial charge in [0.05, 0.1) is 18.0 Å². The first-order valence-electron chi connectivity index (χ1n) is 8.81. The van der Waals surface area contributed by atoms with Gasteiger partial charge in [-0.1, -0.05) is 0 Å². The monoisotopic (exact) mass is 493 g/mol. The number of nitriles is 1. The first kappa shape index (κ1) is 23.5. The number of pyridine rings is 1. The minimum absolute atomic E-state index is 0.0200. The van der Waals surface area contributed by atoms with E-state index < -0.39 is 47.8 Å². The Morgan fingerprint density at radius 2 is 1.96 bits per heavy atom.